The van der Waals surface area contributed by atoms with Gasteiger partial charge < -0.3 is 15.2 Å². The lowest BCUT2D eigenvalue weighted by molar-refractivity contribution is -0.141. The summed E-state index contributed by atoms with van der Waals surface area (Å²) in [6, 6.07) is -0.401. The number of unbranched alkanes of at least 4 members (excludes halogenated alkanes) is 1. The van der Waals surface area contributed by atoms with Crippen molar-refractivity contribution in [1.29, 1.82) is 0 Å². The highest BCUT2D eigenvalue weighted by atomic mass is 16.5. The van der Waals surface area contributed by atoms with Gasteiger partial charge in [0.05, 0.1) is 13.2 Å². The molecule has 0 aromatic heterocycles. The molecule has 88 valence electrons. The van der Waals surface area contributed by atoms with Crippen LogP contribution in [0.3, 0.4) is 0 Å². The van der Waals surface area contributed by atoms with Gasteiger partial charge in [-0.2, -0.15) is 0 Å². The van der Waals surface area contributed by atoms with E-state index in [1.165, 1.54) is 0 Å². The van der Waals surface area contributed by atoms with E-state index < -0.39 is 12.0 Å². The van der Waals surface area contributed by atoms with Gasteiger partial charge in [0.2, 0.25) is 0 Å². The molecule has 0 radical (unpaired) electrons. The first kappa shape index (κ1) is 12.5. The summed E-state index contributed by atoms with van der Waals surface area (Å²) in [5.74, 6) is -0.743. The molecule has 1 rings (SSSR count). The molecule has 1 atom stereocenters. The van der Waals surface area contributed by atoms with E-state index in [4.69, 9.17) is 9.84 Å². The lowest BCUT2D eigenvalue weighted by atomic mass is 9.88. The fourth-order valence-corrected chi connectivity index (χ4v) is 1.64. The highest BCUT2D eigenvalue weighted by molar-refractivity contribution is 5.73. The normalized spacial score (nSPS) is 20.7. The van der Waals surface area contributed by atoms with Gasteiger partial charge in [0.15, 0.2) is 0 Å². The summed E-state index contributed by atoms with van der Waals surface area (Å²) >= 11 is 0. The third kappa shape index (κ3) is 3.80. The molecule has 0 aliphatic carbocycles. The van der Waals surface area contributed by atoms with Crippen molar-refractivity contribution in [2.45, 2.75) is 39.2 Å². The summed E-state index contributed by atoms with van der Waals surface area (Å²) in [7, 11) is 0. The van der Waals surface area contributed by atoms with Gasteiger partial charge in [0, 0.05) is 12.0 Å². The molecule has 0 spiro atoms. The largest absolute Gasteiger partial charge is 0.480 e. The number of nitrogens with one attached hydrogen (secondary N) is 1. The summed E-state index contributed by atoms with van der Waals surface area (Å²) in [6.45, 7) is 6.39. The van der Waals surface area contributed by atoms with E-state index in [-0.39, 0.29) is 5.41 Å². The maximum Gasteiger partial charge on any atom is 0.320 e. The Hall–Kier alpha value is -0.610. The Labute approximate surface area is 91.0 Å². The smallest absolute Gasteiger partial charge is 0.320 e. The van der Waals surface area contributed by atoms with E-state index in [2.05, 4.69) is 19.2 Å². The van der Waals surface area contributed by atoms with Crippen LogP contribution in [0.15, 0.2) is 0 Å². The minimum absolute atomic E-state index is 0.139. The Balaban J connectivity index is 2.27. The van der Waals surface area contributed by atoms with Crippen molar-refractivity contribution in [3.63, 3.8) is 0 Å². The van der Waals surface area contributed by atoms with Gasteiger partial charge in [0.25, 0.3) is 0 Å². The zero-order valence-electron chi connectivity index (χ0n) is 9.58. The molecular formula is C11H21NO3. The van der Waals surface area contributed by atoms with Crippen molar-refractivity contribution >= 4 is 5.97 Å². The van der Waals surface area contributed by atoms with Crippen molar-refractivity contribution in [1.82, 2.24) is 5.32 Å². The third-order valence-corrected chi connectivity index (χ3v) is 2.82. The number of carboxylic acids is 1. The highest BCUT2D eigenvalue weighted by Crippen LogP contribution is 2.25. The van der Waals surface area contributed by atoms with Gasteiger partial charge in [-0.05, 0) is 6.42 Å². The molecule has 0 aromatic rings. The highest BCUT2D eigenvalue weighted by Gasteiger charge is 2.34. The maximum absolute atomic E-state index is 10.9. The molecular weight excluding hydrogens is 194 g/mol. The summed E-state index contributed by atoms with van der Waals surface area (Å²) in [4.78, 5) is 10.9. The van der Waals surface area contributed by atoms with Crippen LogP contribution in [0.25, 0.3) is 0 Å². The topological polar surface area (TPSA) is 58.6 Å². The van der Waals surface area contributed by atoms with E-state index in [0.29, 0.717) is 6.42 Å². The van der Waals surface area contributed by atoms with Gasteiger partial charge in [-0.15, -0.1) is 0 Å². The molecule has 2 N–H and O–H groups in total. The van der Waals surface area contributed by atoms with E-state index >= 15 is 0 Å². The molecule has 1 aliphatic heterocycles. The van der Waals surface area contributed by atoms with Crippen LogP contribution in [-0.2, 0) is 9.53 Å². The molecule has 1 heterocycles. The number of hydrogen-bond donors (Lipinski definition) is 2. The monoisotopic (exact) mass is 215 g/mol. The molecule has 1 fully saturated rings. The zero-order chi connectivity index (χ0) is 11.3. The predicted molar refractivity (Wildman–Crippen MR) is 57.9 cm³/mol. The number of ether oxygens (including phenoxy) is 1. The SMILES string of the molecule is CCCCC(NCC1(C)COC1)C(=O)O. The number of carboxylic acid groups (broad SMARTS) is 1. The number of aliphatic carboxylic acids is 1. The van der Waals surface area contributed by atoms with Crippen LogP contribution >= 0.6 is 0 Å². The van der Waals surface area contributed by atoms with Crippen molar-refractivity contribution in [2.24, 2.45) is 5.41 Å². The molecule has 0 amide bonds. The average Bonchev–Trinajstić information content (AvgIpc) is 2.14. The standard InChI is InChI=1S/C11H21NO3/c1-3-4-5-9(10(13)14)12-6-11(2)7-15-8-11/h9,12H,3-8H2,1-2H3,(H,13,14). The number of carbonyl (C=O) groups is 1. The fraction of sp³-hybridized carbons (Fsp3) is 0.909. The average molecular weight is 215 g/mol. The minimum atomic E-state index is -0.743. The quantitative estimate of drug-likeness (QED) is 0.671. The first-order valence-electron chi connectivity index (χ1n) is 5.61. The molecule has 4 heteroatoms. The summed E-state index contributed by atoms with van der Waals surface area (Å²) < 4.78 is 5.12. The van der Waals surface area contributed by atoms with Crippen LogP contribution in [0.1, 0.15) is 33.1 Å². The van der Waals surface area contributed by atoms with Crippen LogP contribution in [-0.4, -0.2) is 36.9 Å². The Morgan fingerprint density at radius 2 is 2.27 bits per heavy atom. The third-order valence-electron chi connectivity index (χ3n) is 2.82. The first-order valence-corrected chi connectivity index (χ1v) is 5.61. The molecule has 0 aromatic carbocycles. The van der Waals surface area contributed by atoms with Crippen LogP contribution in [0, 0.1) is 5.41 Å². The van der Waals surface area contributed by atoms with Crippen molar-refractivity contribution < 1.29 is 14.6 Å². The van der Waals surface area contributed by atoms with Gasteiger partial charge in [-0.1, -0.05) is 26.7 Å². The van der Waals surface area contributed by atoms with Gasteiger partial charge in [0.1, 0.15) is 6.04 Å². The van der Waals surface area contributed by atoms with Gasteiger partial charge >= 0.3 is 5.97 Å². The summed E-state index contributed by atoms with van der Waals surface area (Å²) in [5.41, 5.74) is 0.139. The van der Waals surface area contributed by atoms with Crippen LogP contribution in [0.4, 0.5) is 0 Å². The molecule has 0 bridgehead atoms. The Bertz CT molecular complexity index is 214. The Morgan fingerprint density at radius 1 is 1.60 bits per heavy atom. The minimum Gasteiger partial charge on any atom is -0.480 e. The zero-order valence-corrected chi connectivity index (χ0v) is 9.58. The van der Waals surface area contributed by atoms with Crippen molar-refractivity contribution in [3.8, 4) is 0 Å². The lowest BCUT2D eigenvalue weighted by Gasteiger charge is -2.38. The molecule has 15 heavy (non-hydrogen) atoms. The number of hydrogen-bond acceptors (Lipinski definition) is 3. The Morgan fingerprint density at radius 3 is 2.67 bits per heavy atom. The van der Waals surface area contributed by atoms with E-state index in [0.717, 1.165) is 32.6 Å². The summed E-state index contributed by atoms with van der Waals surface area (Å²) in [6.07, 6.45) is 2.70. The van der Waals surface area contributed by atoms with Gasteiger partial charge in [-0.25, -0.2) is 0 Å². The van der Waals surface area contributed by atoms with E-state index in [9.17, 15) is 4.79 Å². The molecule has 4 nitrogen and oxygen atoms in total. The fourth-order valence-electron chi connectivity index (χ4n) is 1.64. The first-order chi connectivity index (χ1) is 7.07. The molecule has 0 saturated carbocycles. The predicted octanol–water partition coefficient (Wildman–Crippen LogP) is 1.26. The van der Waals surface area contributed by atoms with Crippen LogP contribution in [0.5, 0.6) is 0 Å². The lowest BCUT2D eigenvalue weighted by Crippen LogP contribution is -2.51. The second-order valence-corrected chi connectivity index (χ2v) is 4.72. The number of rotatable bonds is 7. The summed E-state index contributed by atoms with van der Waals surface area (Å²) in [5, 5.41) is 12.1. The molecule has 1 saturated heterocycles. The second kappa shape index (κ2) is 5.47. The van der Waals surface area contributed by atoms with Crippen LogP contribution < -0.4 is 5.32 Å². The van der Waals surface area contributed by atoms with Crippen molar-refractivity contribution in [3.05, 3.63) is 0 Å². The second-order valence-electron chi connectivity index (χ2n) is 4.72. The molecule has 1 unspecified atom stereocenters. The van der Waals surface area contributed by atoms with Gasteiger partial charge in [-0.3, -0.25) is 4.79 Å². The van der Waals surface area contributed by atoms with E-state index in [1.807, 2.05) is 0 Å². The van der Waals surface area contributed by atoms with Crippen LogP contribution in [0.2, 0.25) is 0 Å². The maximum atomic E-state index is 10.9. The molecule has 1 aliphatic rings. The Kier molecular flexibility index (Phi) is 4.54. The van der Waals surface area contributed by atoms with E-state index in [1.54, 1.807) is 0 Å². The van der Waals surface area contributed by atoms with Crippen molar-refractivity contribution in [2.75, 3.05) is 19.8 Å².